The van der Waals surface area contributed by atoms with Gasteiger partial charge in [-0.1, -0.05) is 71.6 Å². The first-order valence-corrected chi connectivity index (χ1v) is 11.9. The third-order valence-corrected chi connectivity index (χ3v) is 6.94. The molecule has 0 aromatic heterocycles. The Hall–Kier alpha value is -0.530. The lowest BCUT2D eigenvalue weighted by Crippen LogP contribution is -2.30. The van der Waals surface area contributed by atoms with Crippen molar-refractivity contribution >= 4 is 5.97 Å². The van der Waals surface area contributed by atoms with Gasteiger partial charge in [0.1, 0.15) is 6.10 Å². The number of rotatable bonds is 11. The molecule has 0 heterocycles. The predicted octanol–water partition coefficient (Wildman–Crippen LogP) is 7.45. The summed E-state index contributed by atoms with van der Waals surface area (Å²) in [7, 11) is 0. The zero-order valence-electron chi connectivity index (χ0n) is 17.6. The van der Waals surface area contributed by atoms with Crippen LogP contribution in [-0.2, 0) is 9.53 Å². The molecule has 2 fully saturated rings. The number of ether oxygens (including phenoxy) is 1. The molecule has 2 nitrogen and oxygen atoms in total. The van der Waals surface area contributed by atoms with E-state index in [9.17, 15) is 4.79 Å². The molecule has 2 aliphatic rings. The van der Waals surface area contributed by atoms with Crippen molar-refractivity contribution in [3.63, 3.8) is 0 Å². The van der Waals surface area contributed by atoms with Crippen LogP contribution in [0.5, 0.6) is 0 Å². The maximum Gasteiger partial charge on any atom is 0.309 e. The van der Waals surface area contributed by atoms with Gasteiger partial charge in [-0.15, -0.1) is 0 Å². The van der Waals surface area contributed by atoms with Crippen LogP contribution in [0, 0.1) is 17.8 Å². The van der Waals surface area contributed by atoms with Crippen LogP contribution in [0.15, 0.2) is 0 Å². The van der Waals surface area contributed by atoms with Crippen LogP contribution in [0.1, 0.15) is 123 Å². The number of esters is 1. The van der Waals surface area contributed by atoms with E-state index in [1.54, 1.807) is 0 Å². The molecular weight excluding hydrogens is 320 g/mol. The van der Waals surface area contributed by atoms with E-state index in [0.29, 0.717) is 0 Å². The number of carbonyl (C=O) groups excluding carboxylic acids is 1. The van der Waals surface area contributed by atoms with Crippen LogP contribution < -0.4 is 0 Å². The molecule has 2 saturated carbocycles. The molecule has 0 aromatic rings. The fourth-order valence-corrected chi connectivity index (χ4v) is 5.03. The van der Waals surface area contributed by atoms with Crippen LogP contribution in [0.4, 0.5) is 0 Å². The van der Waals surface area contributed by atoms with Crippen LogP contribution in [-0.4, -0.2) is 12.1 Å². The highest BCUT2D eigenvalue weighted by molar-refractivity contribution is 5.72. The lowest BCUT2D eigenvalue weighted by Gasteiger charge is -2.31. The largest absolute Gasteiger partial charge is 0.462 e. The van der Waals surface area contributed by atoms with E-state index < -0.39 is 0 Å². The van der Waals surface area contributed by atoms with Gasteiger partial charge in [-0.3, -0.25) is 4.79 Å². The van der Waals surface area contributed by atoms with Crippen molar-refractivity contribution < 1.29 is 9.53 Å². The van der Waals surface area contributed by atoms with Gasteiger partial charge in [0.15, 0.2) is 0 Å². The Labute approximate surface area is 162 Å². The highest BCUT2D eigenvalue weighted by Crippen LogP contribution is 2.35. The van der Waals surface area contributed by atoms with Crippen molar-refractivity contribution in [3.8, 4) is 0 Å². The van der Waals surface area contributed by atoms with Gasteiger partial charge in [-0.2, -0.15) is 0 Å². The molecule has 0 amide bonds. The summed E-state index contributed by atoms with van der Waals surface area (Å²) in [4.78, 5) is 12.5. The van der Waals surface area contributed by atoms with E-state index in [-0.39, 0.29) is 18.0 Å². The molecule has 0 aromatic carbocycles. The van der Waals surface area contributed by atoms with E-state index in [2.05, 4.69) is 13.8 Å². The van der Waals surface area contributed by atoms with Gasteiger partial charge in [-0.25, -0.2) is 0 Å². The second kappa shape index (κ2) is 12.8. The zero-order chi connectivity index (χ0) is 18.6. The summed E-state index contributed by atoms with van der Waals surface area (Å²) in [6.45, 7) is 4.55. The molecule has 0 unspecified atom stereocenters. The molecule has 152 valence electrons. The molecule has 0 bridgehead atoms. The summed E-state index contributed by atoms with van der Waals surface area (Å²) >= 11 is 0. The Morgan fingerprint density at radius 3 is 1.77 bits per heavy atom. The van der Waals surface area contributed by atoms with Gasteiger partial charge in [0.25, 0.3) is 0 Å². The normalized spacial score (nSPS) is 29.5. The van der Waals surface area contributed by atoms with Crippen molar-refractivity contribution in [2.45, 2.75) is 129 Å². The van der Waals surface area contributed by atoms with Crippen molar-refractivity contribution in [3.05, 3.63) is 0 Å². The third kappa shape index (κ3) is 8.01. The van der Waals surface area contributed by atoms with Gasteiger partial charge in [0.2, 0.25) is 0 Å². The average molecular weight is 365 g/mol. The summed E-state index contributed by atoms with van der Waals surface area (Å²) in [6, 6.07) is 0. The van der Waals surface area contributed by atoms with Crippen molar-refractivity contribution in [2.24, 2.45) is 17.8 Å². The molecule has 0 radical (unpaired) electrons. The number of carbonyl (C=O) groups is 1. The molecule has 0 aliphatic heterocycles. The predicted molar refractivity (Wildman–Crippen MR) is 110 cm³/mol. The van der Waals surface area contributed by atoms with Crippen molar-refractivity contribution in [1.82, 2.24) is 0 Å². The van der Waals surface area contributed by atoms with Gasteiger partial charge >= 0.3 is 5.97 Å². The lowest BCUT2D eigenvalue weighted by atomic mass is 9.79. The van der Waals surface area contributed by atoms with E-state index >= 15 is 0 Å². The van der Waals surface area contributed by atoms with Crippen LogP contribution >= 0.6 is 0 Å². The topological polar surface area (TPSA) is 26.3 Å². The smallest absolute Gasteiger partial charge is 0.309 e. The minimum absolute atomic E-state index is 0.128. The molecule has 0 saturated heterocycles. The van der Waals surface area contributed by atoms with Crippen molar-refractivity contribution in [2.75, 3.05) is 0 Å². The van der Waals surface area contributed by atoms with Crippen LogP contribution in [0.25, 0.3) is 0 Å². The fourth-order valence-electron chi connectivity index (χ4n) is 5.03. The maximum atomic E-state index is 12.5. The van der Waals surface area contributed by atoms with E-state index in [1.807, 2.05) is 0 Å². The van der Waals surface area contributed by atoms with Gasteiger partial charge in [0.05, 0.1) is 5.92 Å². The lowest BCUT2D eigenvalue weighted by molar-refractivity contribution is -0.157. The van der Waals surface area contributed by atoms with Crippen LogP contribution in [0.2, 0.25) is 0 Å². The molecule has 0 N–H and O–H groups in total. The first kappa shape index (κ1) is 21.8. The average Bonchev–Trinajstić information content (AvgIpc) is 2.67. The summed E-state index contributed by atoms with van der Waals surface area (Å²) in [6.07, 6.45) is 21.9. The third-order valence-electron chi connectivity index (χ3n) is 6.94. The maximum absolute atomic E-state index is 12.5. The molecule has 0 spiro atoms. The SMILES string of the molecule is CCCCCCC1CCC(OC(=O)C2CCC(CCCCC)CC2)CC1. The summed E-state index contributed by atoms with van der Waals surface area (Å²) < 4.78 is 5.92. The Bertz CT molecular complexity index is 362. The van der Waals surface area contributed by atoms with E-state index in [1.165, 1.54) is 83.5 Å². The van der Waals surface area contributed by atoms with Crippen LogP contribution in [0.3, 0.4) is 0 Å². The highest BCUT2D eigenvalue weighted by atomic mass is 16.5. The zero-order valence-corrected chi connectivity index (χ0v) is 17.6. The van der Waals surface area contributed by atoms with Crippen molar-refractivity contribution in [1.29, 1.82) is 0 Å². The number of hydrogen-bond acceptors (Lipinski definition) is 2. The Morgan fingerprint density at radius 2 is 1.19 bits per heavy atom. The van der Waals surface area contributed by atoms with Gasteiger partial charge in [0, 0.05) is 0 Å². The highest BCUT2D eigenvalue weighted by Gasteiger charge is 2.30. The first-order chi connectivity index (χ1) is 12.7. The Morgan fingerprint density at radius 1 is 0.692 bits per heavy atom. The number of unbranched alkanes of at least 4 members (excludes halogenated alkanes) is 5. The molecule has 2 aliphatic carbocycles. The summed E-state index contributed by atoms with van der Waals surface area (Å²) in [5.41, 5.74) is 0. The molecule has 0 atom stereocenters. The monoisotopic (exact) mass is 364 g/mol. The van der Waals surface area contributed by atoms with Gasteiger partial charge in [-0.05, 0) is 63.2 Å². The second-order valence-electron chi connectivity index (χ2n) is 9.14. The standard InChI is InChI=1S/C24H44O2/c1-3-5-7-9-11-21-14-18-23(19-15-21)26-24(25)22-16-12-20(13-17-22)10-8-6-4-2/h20-23H,3-19H2,1-2H3. The summed E-state index contributed by atoms with van der Waals surface area (Å²) in [5, 5.41) is 0. The minimum Gasteiger partial charge on any atom is -0.462 e. The molecule has 2 rings (SSSR count). The molecule has 26 heavy (non-hydrogen) atoms. The summed E-state index contributed by atoms with van der Waals surface area (Å²) in [5.74, 6) is 2.08. The number of hydrogen-bond donors (Lipinski definition) is 0. The minimum atomic E-state index is 0.128. The van der Waals surface area contributed by atoms with E-state index in [0.717, 1.165) is 37.5 Å². The molecule has 2 heteroatoms. The fraction of sp³-hybridized carbons (Fsp3) is 0.958. The second-order valence-corrected chi connectivity index (χ2v) is 9.14. The molecular formula is C24H44O2. The Balaban J connectivity index is 1.56. The van der Waals surface area contributed by atoms with Gasteiger partial charge < -0.3 is 4.74 Å². The Kier molecular flexibility index (Phi) is 10.7. The van der Waals surface area contributed by atoms with E-state index in [4.69, 9.17) is 4.74 Å². The quantitative estimate of drug-likeness (QED) is 0.281. The first-order valence-electron chi connectivity index (χ1n) is 11.9.